The molecule has 4 heteroatoms. The van der Waals surface area contributed by atoms with Crippen molar-refractivity contribution in [3.8, 4) is 5.75 Å². The molecule has 0 aliphatic carbocycles. The van der Waals surface area contributed by atoms with Crippen molar-refractivity contribution < 1.29 is 4.74 Å². The maximum atomic E-state index is 5.96. The molecule has 2 rings (SSSR count). The van der Waals surface area contributed by atoms with E-state index in [4.69, 9.17) is 22.1 Å². The van der Waals surface area contributed by atoms with Crippen LogP contribution in [0.5, 0.6) is 5.75 Å². The topological polar surface area (TPSA) is 35.2 Å². The van der Waals surface area contributed by atoms with Crippen molar-refractivity contribution in [3.63, 3.8) is 0 Å². The number of thiophene rings is 1. The Morgan fingerprint density at radius 2 is 2.18 bits per heavy atom. The summed E-state index contributed by atoms with van der Waals surface area (Å²) in [5.41, 5.74) is 6.64. The zero-order chi connectivity index (χ0) is 12.1. The van der Waals surface area contributed by atoms with E-state index in [1.54, 1.807) is 11.3 Å². The Hall–Kier alpha value is -1.03. The van der Waals surface area contributed by atoms with Gasteiger partial charge in [-0.25, -0.2) is 0 Å². The van der Waals surface area contributed by atoms with Crippen molar-refractivity contribution >= 4 is 22.9 Å². The third-order valence-electron chi connectivity index (χ3n) is 2.39. The predicted molar refractivity (Wildman–Crippen MR) is 72.9 cm³/mol. The SMILES string of the molecule is NCCc1cc(Cl)ccc1OCc1cccs1. The van der Waals surface area contributed by atoms with E-state index >= 15 is 0 Å². The molecule has 0 aliphatic rings. The van der Waals surface area contributed by atoms with Crippen molar-refractivity contribution in [2.24, 2.45) is 5.73 Å². The van der Waals surface area contributed by atoms with Crippen molar-refractivity contribution in [2.75, 3.05) is 6.54 Å². The molecule has 0 unspecified atom stereocenters. The Bertz CT molecular complexity index is 470. The van der Waals surface area contributed by atoms with Gasteiger partial charge in [0.15, 0.2) is 0 Å². The second-order valence-electron chi connectivity index (χ2n) is 3.66. The molecule has 1 aromatic carbocycles. The van der Waals surface area contributed by atoms with Crippen LogP contribution in [-0.2, 0) is 13.0 Å². The van der Waals surface area contributed by atoms with Gasteiger partial charge in [0.05, 0.1) is 0 Å². The molecule has 2 aromatic rings. The van der Waals surface area contributed by atoms with Gasteiger partial charge in [0.1, 0.15) is 12.4 Å². The summed E-state index contributed by atoms with van der Waals surface area (Å²) < 4.78 is 5.79. The lowest BCUT2D eigenvalue weighted by atomic mass is 10.1. The molecule has 2 nitrogen and oxygen atoms in total. The number of hydrogen-bond acceptors (Lipinski definition) is 3. The second-order valence-corrected chi connectivity index (χ2v) is 5.13. The fraction of sp³-hybridized carbons (Fsp3) is 0.231. The summed E-state index contributed by atoms with van der Waals surface area (Å²) >= 11 is 7.65. The summed E-state index contributed by atoms with van der Waals surface area (Å²) in [6.45, 7) is 1.19. The summed E-state index contributed by atoms with van der Waals surface area (Å²) in [5, 5.41) is 2.76. The first-order valence-corrected chi connectivity index (χ1v) is 6.69. The van der Waals surface area contributed by atoms with Gasteiger partial charge in [-0.15, -0.1) is 11.3 Å². The number of nitrogens with two attached hydrogens (primary N) is 1. The van der Waals surface area contributed by atoms with Gasteiger partial charge in [-0.1, -0.05) is 17.7 Å². The Labute approximate surface area is 110 Å². The molecular formula is C13H14ClNOS. The molecule has 0 atom stereocenters. The average molecular weight is 268 g/mol. The zero-order valence-electron chi connectivity index (χ0n) is 9.36. The fourth-order valence-corrected chi connectivity index (χ4v) is 2.39. The number of hydrogen-bond donors (Lipinski definition) is 1. The number of rotatable bonds is 5. The van der Waals surface area contributed by atoms with Gasteiger partial charge in [-0.2, -0.15) is 0 Å². The van der Waals surface area contributed by atoms with Gasteiger partial charge in [0.2, 0.25) is 0 Å². The molecule has 2 N–H and O–H groups in total. The zero-order valence-corrected chi connectivity index (χ0v) is 10.9. The molecule has 0 aliphatic heterocycles. The molecule has 17 heavy (non-hydrogen) atoms. The molecule has 1 aromatic heterocycles. The highest BCUT2D eigenvalue weighted by Gasteiger charge is 2.05. The van der Waals surface area contributed by atoms with Crippen molar-refractivity contribution in [1.82, 2.24) is 0 Å². The molecule has 1 heterocycles. The third kappa shape index (κ3) is 3.46. The average Bonchev–Trinajstić information content (AvgIpc) is 2.81. The molecule has 90 valence electrons. The molecule has 0 saturated heterocycles. The van der Waals surface area contributed by atoms with Crippen LogP contribution in [0, 0.1) is 0 Å². The predicted octanol–water partition coefficient (Wildman–Crippen LogP) is 3.48. The largest absolute Gasteiger partial charge is 0.488 e. The van der Waals surface area contributed by atoms with E-state index in [0.717, 1.165) is 22.8 Å². The Balaban J connectivity index is 2.08. The van der Waals surface area contributed by atoms with E-state index in [-0.39, 0.29) is 0 Å². The van der Waals surface area contributed by atoms with Crippen LogP contribution in [0.1, 0.15) is 10.4 Å². The molecule has 0 amide bonds. The van der Waals surface area contributed by atoms with Crippen LogP contribution in [0.15, 0.2) is 35.7 Å². The monoisotopic (exact) mass is 267 g/mol. The first-order chi connectivity index (χ1) is 8.29. The number of halogens is 1. The molecule has 0 radical (unpaired) electrons. The first-order valence-electron chi connectivity index (χ1n) is 5.43. The van der Waals surface area contributed by atoms with Crippen LogP contribution in [0.3, 0.4) is 0 Å². The lowest BCUT2D eigenvalue weighted by Gasteiger charge is -2.10. The minimum Gasteiger partial charge on any atom is -0.488 e. The summed E-state index contributed by atoms with van der Waals surface area (Å²) in [6.07, 6.45) is 0.778. The Morgan fingerprint density at radius 1 is 1.29 bits per heavy atom. The van der Waals surface area contributed by atoms with Gasteiger partial charge in [-0.3, -0.25) is 0 Å². The van der Waals surface area contributed by atoms with E-state index < -0.39 is 0 Å². The van der Waals surface area contributed by atoms with Crippen molar-refractivity contribution in [2.45, 2.75) is 13.0 Å². The van der Waals surface area contributed by atoms with Crippen LogP contribution in [0.2, 0.25) is 5.02 Å². The minimum absolute atomic E-state index is 0.593. The maximum Gasteiger partial charge on any atom is 0.123 e. The Kier molecular flexibility index (Phi) is 4.42. The van der Waals surface area contributed by atoms with Crippen molar-refractivity contribution in [1.29, 1.82) is 0 Å². The van der Waals surface area contributed by atoms with Crippen LogP contribution < -0.4 is 10.5 Å². The smallest absolute Gasteiger partial charge is 0.123 e. The van der Waals surface area contributed by atoms with Gasteiger partial charge >= 0.3 is 0 Å². The van der Waals surface area contributed by atoms with Gasteiger partial charge in [-0.05, 0) is 48.2 Å². The molecule has 0 saturated carbocycles. The highest BCUT2D eigenvalue weighted by atomic mass is 35.5. The standard InChI is InChI=1S/C13H14ClNOS/c14-11-3-4-13(10(8-11)5-6-15)16-9-12-2-1-7-17-12/h1-4,7-8H,5-6,9,15H2. The normalized spacial score (nSPS) is 10.5. The van der Waals surface area contributed by atoms with E-state index in [1.165, 1.54) is 4.88 Å². The van der Waals surface area contributed by atoms with Crippen LogP contribution in [0.4, 0.5) is 0 Å². The lowest BCUT2D eigenvalue weighted by molar-refractivity contribution is 0.306. The van der Waals surface area contributed by atoms with E-state index in [0.29, 0.717) is 13.2 Å². The highest BCUT2D eigenvalue weighted by molar-refractivity contribution is 7.09. The van der Waals surface area contributed by atoms with E-state index in [9.17, 15) is 0 Å². The summed E-state index contributed by atoms with van der Waals surface area (Å²) in [4.78, 5) is 1.21. The van der Waals surface area contributed by atoms with Gasteiger partial charge < -0.3 is 10.5 Å². The fourth-order valence-electron chi connectivity index (χ4n) is 1.58. The first kappa shape index (κ1) is 12.4. The highest BCUT2D eigenvalue weighted by Crippen LogP contribution is 2.24. The third-order valence-corrected chi connectivity index (χ3v) is 3.47. The van der Waals surface area contributed by atoms with Gasteiger partial charge in [0.25, 0.3) is 0 Å². The summed E-state index contributed by atoms with van der Waals surface area (Å²) in [5.74, 6) is 0.869. The summed E-state index contributed by atoms with van der Waals surface area (Å²) in [6, 6.07) is 9.74. The number of benzene rings is 1. The van der Waals surface area contributed by atoms with Gasteiger partial charge in [0, 0.05) is 9.90 Å². The number of ether oxygens (including phenoxy) is 1. The summed E-state index contributed by atoms with van der Waals surface area (Å²) in [7, 11) is 0. The van der Waals surface area contributed by atoms with E-state index in [2.05, 4.69) is 6.07 Å². The maximum absolute atomic E-state index is 5.96. The van der Waals surface area contributed by atoms with E-state index in [1.807, 2.05) is 29.6 Å². The quantitative estimate of drug-likeness (QED) is 0.900. The van der Waals surface area contributed by atoms with Crippen molar-refractivity contribution in [3.05, 3.63) is 51.2 Å². The second kappa shape index (κ2) is 6.05. The molecule has 0 fully saturated rings. The minimum atomic E-state index is 0.593. The molecule has 0 bridgehead atoms. The lowest BCUT2D eigenvalue weighted by Crippen LogP contribution is -2.05. The van der Waals surface area contributed by atoms with Crippen LogP contribution >= 0.6 is 22.9 Å². The molecular weight excluding hydrogens is 254 g/mol. The van der Waals surface area contributed by atoms with Crippen LogP contribution in [-0.4, -0.2) is 6.54 Å². The molecule has 0 spiro atoms. The van der Waals surface area contributed by atoms with Crippen LogP contribution in [0.25, 0.3) is 0 Å². The Morgan fingerprint density at radius 3 is 2.88 bits per heavy atom.